The fraction of sp³-hybridized carbons (Fsp3) is 0.417. The lowest BCUT2D eigenvalue weighted by molar-refractivity contribution is -0.120. The molecule has 0 saturated carbocycles. The van der Waals surface area contributed by atoms with Crippen molar-refractivity contribution in [3.63, 3.8) is 0 Å². The predicted molar refractivity (Wildman–Crippen MR) is 117 cm³/mol. The molecule has 0 aliphatic heterocycles. The lowest BCUT2D eigenvalue weighted by Crippen LogP contribution is -2.35. The third-order valence-electron chi connectivity index (χ3n) is 5.30. The van der Waals surface area contributed by atoms with Gasteiger partial charge in [-0.2, -0.15) is 0 Å². The second-order valence-electron chi connectivity index (χ2n) is 8.20. The summed E-state index contributed by atoms with van der Waals surface area (Å²) >= 11 is 0. The molecule has 3 rings (SSSR count). The number of hydrogen-bond donors (Lipinski definition) is 3. The van der Waals surface area contributed by atoms with Gasteiger partial charge in [0, 0.05) is 17.8 Å². The largest absolute Gasteiger partial charge is 0.376 e. The van der Waals surface area contributed by atoms with Gasteiger partial charge in [-0.1, -0.05) is 38.1 Å². The van der Waals surface area contributed by atoms with Gasteiger partial charge in [-0.25, -0.2) is 0 Å². The maximum atomic E-state index is 12.5. The van der Waals surface area contributed by atoms with Crippen LogP contribution in [0.1, 0.15) is 59.8 Å². The van der Waals surface area contributed by atoms with Crippen LogP contribution in [0.4, 0.5) is 5.69 Å². The minimum atomic E-state index is -0.0675. The van der Waals surface area contributed by atoms with Crippen LogP contribution in [0.3, 0.4) is 0 Å². The quantitative estimate of drug-likeness (QED) is 0.666. The molecule has 154 valence electrons. The van der Waals surface area contributed by atoms with Gasteiger partial charge < -0.3 is 16.0 Å². The Morgan fingerprint density at radius 3 is 2.69 bits per heavy atom. The van der Waals surface area contributed by atoms with Crippen molar-refractivity contribution in [3.8, 4) is 0 Å². The van der Waals surface area contributed by atoms with Gasteiger partial charge in [0.15, 0.2) is 0 Å². The summed E-state index contributed by atoms with van der Waals surface area (Å²) < 4.78 is 0. The monoisotopic (exact) mass is 393 g/mol. The Balaban J connectivity index is 1.55. The maximum absolute atomic E-state index is 12.5. The van der Waals surface area contributed by atoms with Gasteiger partial charge in [0.2, 0.25) is 5.91 Å². The first-order valence-corrected chi connectivity index (χ1v) is 10.4. The van der Waals surface area contributed by atoms with E-state index in [1.54, 1.807) is 6.07 Å². The Labute approximate surface area is 173 Å². The Morgan fingerprint density at radius 2 is 1.93 bits per heavy atom. The summed E-state index contributed by atoms with van der Waals surface area (Å²) in [5.41, 5.74) is 5.01. The summed E-state index contributed by atoms with van der Waals surface area (Å²) in [5.74, 6) is 0.322. The molecule has 2 aromatic rings. The number of nitrogens with one attached hydrogen (secondary N) is 3. The highest BCUT2D eigenvalue weighted by molar-refractivity contribution is 5.95. The van der Waals surface area contributed by atoms with Gasteiger partial charge in [0.1, 0.15) is 0 Å². The summed E-state index contributed by atoms with van der Waals surface area (Å²) in [4.78, 5) is 24.7. The molecule has 29 heavy (non-hydrogen) atoms. The van der Waals surface area contributed by atoms with Gasteiger partial charge in [0.25, 0.3) is 5.91 Å². The summed E-state index contributed by atoms with van der Waals surface area (Å²) in [6, 6.07) is 13.9. The van der Waals surface area contributed by atoms with Crippen LogP contribution >= 0.6 is 0 Å². The third kappa shape index (κ3) is 5.59. The molecule has 1 aliphatic rings. The average molecular weight is 394 g/mol. The van der Waals surface area contributed by atoms with Crippen LogP contribution in [0.25, 0.3) is 0 Å². The number of carbonyl (C=O) groups excluding carboxylic acids is 2. The van der Waals surface area contributed by atoms with E-state index < -0.39 is 0 Å². The summed E-state index contributed by atoms with van der Waals surface area (Å²) in [7, 11) is 0. The van der Waals surface area contributed by atoms with Crippen molar-refractivity contribution in [2.45, 2.75) is 46.1 Å². The van der Waals surface area contributed by atoms with Gasteiger partial charge in [-0.15, -0.1) is 0 Å². The SMILES string of the molecule is Cc1cc(C(=O)NCC(C)C)ccc1NCC(=O)NC1CCCc2ccccc21. The predicted octanol–water partition coefficient (Wildman–Crippen LogP) is 3.99. The molecule has 0 fully saturated rings. The highest BCUT2D eigenvalue weighted by Crippen LogP contribution is 2.29. The lowest BCUT2D eigenvalue weighted by Gasteiger charge is -2.26. The molecule has 1 aliphatic carbocycles. The zero-order valence-electron chi connectivity index (χ0n) is 17.5. The Kier molecular flexibility index (Phi) is 6.91. The first-order chi connectivity index (χ1) is 13.9. The Hall–Kier alpha value is -2.82. The van der Waals surface area contributed by atoms with E-state index in [1.807, 2.05) is 25.1 Å². The number of fused-ring (bicyclic) bond motifs is 1. The molecular weight excluding hydrogens is 362 g/mol. The number of hydrogen-bond acceptors (Lipinski definition) is 3. The number of amides is 2. The van der Waals surface area contributed by atoms with Crippen LogP contribution in [-0.4, -0.2) is 24.9 Å². The second kappa shape index (κ2) is 9.59. The van der Waals surface area contributed by atoms with Crippen molar-refractivity contribution in [2.24, 2.45) is 5.92 Å². The summed E-state index contributed by atoms with van der Waals surface area (Å²) in [6.07, 6.45) is 3.15. The van der Waals surface area contributed by atoms with Crippen LogP contribution in [0.5, 0.6) is 0 Å². The van der Waals surface area contributed by atoms with E-state index in [9.17, 15) is 9.59 Å². The number of benzene rings is 2. The maximum Gasteiger partial charge on any atom is 0.251 e. The molecule has 0 saturated heterocycles. The smallest absolute Gasteiger partial charge is 0.251 e. The van der Waals surface area contributed by atoms with Crippen molar-refractivity contribution in [1.82, 2.24) is 10.6 Å². The molecule has 0 spiro atoms. The Bertz CT molecular complexity index is 876. The minimum Gasteiger partial charge on any atom is -0.376 e. The summed E-state index contributed by atoms with van der Waals surface area (Å²) in [6.45, 7) is 6.93. The van der Waals surface area contributed by atoms with Gasteiger partial charge in [-0.05, 0) is 67.0 Å². The fourth-order valence-corrected chi connectivity index (χ4v) is 3.73. The standard InChI is InChI=1S/C24H31N3O2/c1-16(2)14-26-24(29)19-11-12-21(17(3)13-19)25-15-23(28)27-22-10-6-8-18-7-4-5-9-20(18)22/h4-5,7,9,11-13,16,22,25H,6,8,10,14-15H2,1-3H3,(H,26,29)(H,27,28). The lowest BCUT2D eigenvalue weighted by atomic mass is 9.88. The molecule has 5 heteroatoms. The molecule has 3 N–H and O–H groups in total. The van der Waals surface area contributed by atoms with Crippen molar-refractivity contribution in [1.29, 1.82) is 0 Å². The van der Waals surface area contributed by atoms with Crippen LogP contribution in [-0.2, 0) is 11.2 Å². The van der Waals surface area contributed by atoms with Crippen molar-refractivity contribution in [3.05, 3.63) is 64.7 Å². The first-order valence-electron chi connectivity index (χ1n) is 10.4. The van der Waals surface area contributed by atoms with E-state index in [4.69, 9.17) is 0 Å². The second-order valence-corrected chi connectivity index (χ2v) is 8.20. The third-order valence-corrected chi connectivity index (χ3v) is 5.30. The average Bonchev–Trinajstić information content (AvgIpc) is 2.71. The first kappa shape index (κ1) is 20.9. The molecule has 2 amide bonds. The summed E-state index contributed by atoms with van der Waals surface area (Å²) in [5, 5.41) is 9.28. The number of rotatable bonds is 7. The van der Waals surface area contributed by atoms with Crippen LogP contribution in [0, 0.1) is 12.8 Å². The number of anilines is 1. The zero-order chi connectivity index (χ0) is 20.8. The Morgan fingerprint density at radius 1 is 1.14 bits per heavy atom. The molecule has 0 heterocycles. The van der Waals surface area contributed by atoms with E-state index in [-0.39, 0.29) is 24.4 Å². The molecular formula is C24H31N3O2. The molecule has 5 nitrogen and oxygen atoms in total. The molecule has 1 unspecified atom stereocenters. The van der Waals surface area contributed by atoms with E-state index >= 15 is 0 Å². The fourth-order valence-electron chi connectivity index (χ4n) is 3.73. The molecule has 1 atom stereocenters. The van der Waals surface area contributed by atoms with Gasteiger partial charge >= 0.3 is 0 Å². The number of aryl methyl sites for hydroxylation is 2. The molecule has 2 aromatic carbocycles. The zero-order valence-corrected chi connectivity index (χ0v) is 17.5. The van der Waals surface area contributed by atoms with Gasteiger partial charge in [-0.3, -0.25) is 9.59 Å². The number of carbonyl (C=O) groups is 2. The van der Waals surface area contributed by atoms with Crippen LogP contribution < -0.4 is 16.0 Å². The van der Waals surface area contributed by atoms with Gasteiger partial charge in [0.05, 0.1) is 12.6 Å². The van der Waals surface area contributed by atoms with Crippen LogP contribution in [0.2, 0.25) is 0 Å². The highest BCUT2D eigenvalue weighted by Gasteiger charge is 2.21. The van der Waals surface area contributed by atoms with Crippen LogP contribution in [0.15, 0.2) is 42.5 Å². The van der Waals surface area contributed by atoms with E-state index in [1.165, 1.54) is 11.1 Å². The van der Waals surface area contributed by atoms with E-state index in [0.717, 1.165) is 30.5 Å². The highest BCUT2D eigenvalue weighted by atomic mass is 16.2. The van der Waals surface area contributed by atoms with E-state index in [0.29, 0.717) is 18.0 Å². The molecule has 0 aromatic heterocycles. The van der Waals surface area contributed by atoms with Crippen molar-refractivity contribution >= 4 is 17.5 Å². The molecule has 0 bridgehead atoms. The normalized spacial score (nSPS) is 15.5. The molecule has 0 radical (unpaired) electrons. The van der Waals surface area contributed by atoms with Crippen molar-refractivity contribution < 1.29 is 9.59 Å². The van der Waals surface area contributed by atoms with Crippen molar-refractivity contribution in [2.75, 3.05) is 18.4 Å². The van der Waals surface area contributed by atoms with E-state index in [2.05, 4.69) is 48.0 Å². The minimum absolute atomic E-state index is 0.0233. The topological polar surface area (TPSA) is 70.2 Å².